The smallest absolute Gasteiger partial charge is 0.337 e. The third-order valence-corrected chi connectivity index (χ3v) is 6.51. The fourth-order valence-corrected chi connectivity index (χ4v) is 4.67. The Morgan fingerprint density at radius 1 is 1.07 bits per heavy atom. The molecule has 3 aliphatic heterocycles. The second-order valence-corrected chi connectivity index (χ2v) is 9.43. The largest absolute Gasteiger partial charge is 0.416 e. The van der Waals surface area contributed by atoms with Gasteiger partial charge in [-0.2, -0.15) is 13.2 Å². The van der Waals surface area contributed by atoms with Crippen LogP contribution in [0.5, 0.6) is 0 Å². The third-order valence-electron chi connectivity index (χ3n) is 6.51. The highest BCUT2D eigenvalue weighted by Gasteiger charge is 2.39. The first-order chi connectivity index (χ1) is 14.1. The molecule has 0 aromatic heterocycles. The Balaban J connectivity index is 1.42. The number of aliphatic imine (C=N–C) groups is 1. The average Bonchev–Trinajstić information content (AvgIpc) is 3.28. The molecule has 3 aliphatic rings. The third kappa shape index (κ3) is 3.92. The van der Waals surface area contributed by atoms with Gasteiger partial charge in [0.1, 0.15) is 5.71 Å². The van der Waals surface area contributed by atoms with Crippen LogP contribution < -0.4 is 0 Å². The highest BCUT2D eigenvalue weighted by Crippen LogP contribution is 2.39. The van der Waals surface area contributed by atoms with Crippen molar-refractivity contribution in [2.75, 3.05) is 32.7 Å². The number of benzene rings is 1. The summed E-state index contributed by atoms with van der Waals surface area (Å²) < 4.78 is 40.1. The number of alkyl halides is 3. The van der Waals surface area contributed by atoms with Gasteiger partial charge in [0.15, 0.2) is 0 Å². The van der Waals surface area contributed by atoms with Gasteiger partial charge in [0.25, 0.3) is 5.91 Å². The molecule has 0 radical (unpaired) electrons. The van der Waals surface area contributed by atoms with Crippen molar-refractivity contribution < 1.29 is 18.0 Å². The normalized spacial score (nSPS) is 21.3. The predicted molar refractivity (Wildman–Crippen MR) is 111 cm³/mol. The molecule has 1 aromatic carbocycles. The van der Waals surface area contributed by atoms with Gasteiger partial charge in [0.2, 0.25) is 0 Å². The summed E-state index contributed by atoms with van der Waals surface area (Å²) in [5, 5.41) is 0. The van der Waals surface area contributed by atoms with Crippen molar-refractivity contribution in [2.45, 2.75) is 51.2 Å². The quantitative estimate of drug-likeness (QED) is 0.718. The SMILES string of the molecule is CC(C)(C)N1CC2=C(C1)C(C(=O)N1CCC(c3ccccc3C(F)(F)F)CC1)=NC2. The van der Waals surface area contributed by atoms with Crippen molar-refractivity contribution in [2.24, 2.45) is 4.99 Å². The van der Waals surface area contributed by atoms with Crippen molar-refractivity contribution in [1.82, 2.24) is 9.80 Å². The van der Waals surface area contributed by atoms with Gasteiger partial charge >= 0.3 is 6.18 Å². The molecule has 1 saturated heterocycles. The zero-order valence-corrected chi connectivity index (χ0v) is 17.7. The standard InChI is InChI=1S/C23H28F3N3O/c1-22(2,3)29-13-16-12-27-20(18(16)14-29)21(30)28-10-8-15(9-11-28)17-6-4-5-7-19(17)23(24,25)26/h4-7,15H,8-14H2,1-3H3. The lowest BCUT2D eigenvalue weighted by Crippen LogP contribution is -2.44. The van der Waals surface area contributed by atoms with E-state index in [1.165, 1.54) is 11.6 Å². The number of piperidine rings is 1. The molecule has 0 unspecified atom stereocenters. The molecule has 0 aliphatic carbocycles. The summed E-state index contributed by atoms with van der Waals surface area (Å²) >= 11 is 0. The molecule has 1 aromatic rings. The Morgan fingerprint density at radius 2 is 1.73 bits per heavy atom. The summed E-state index contributed by atoms with van der Waals surface area (Å²) in [6.07, 6.45) is -3.29. The molecule has 0 saturated carbocycles. The van der Waals surface area contributed by atoms with E-state index < -0.39 is 11.7 Å². The Kier molecular flexibility index (Phi) is 5.29. The highest BCUT2D eigenvalue weighted by atomic mass is 19.4. The summed E-state index contributed by atoms with van der Waals surface area (Å²) in [7, 11) is 0. The number of carbonyl (C=O) groups is 1. The van der Waals surface area contributed by atoms with E-state index in [0.717, 1.165) is 24.7 Å². The molecule has 30 heavy (non-hydrogen) atoms. The first kappa shape index (κ1) is 21.1. The average molecular weight is 419 g/mol. The fourth-order valence-electron chi connectivity index (χ4n) is 4.67. The minimum atomic E-state index is -4.35. The summed E-state index contributed by atoms with van der Waals surface area (Å²) in [6.45, 7) is 9.57. The van der Waals surface area contributed by atoms with Crippen molar-refractivity contribution in [3.63, 3.8) is 0 Å². The van der Waals surface area contributed by atoms with Crippen molar-refractivity contribution in [3.8, 4) is 0 Å². The van der Waals surface area contributed by atoms with E-state index in [2.05, 4.69) is 30.7 Å². The second kappa shape index (κ2) is 7.52. The number of hydrogen-bond acceptors (Lipinski definition) is 3. The number of likely N-dealkylation sites (tertiary alicyclic amines) is 1. The molecule has 0 bridgehead atoms. The van der Waals surface area contributed by atoms with Crippen LogP contribution >= 0.6 is 0 Å². The fraction of sp³-hybridized carbons (Fsp3) is 0.565. The molecule has 3 heterocycles. The Labute approximate surface area is 175 Å². The Morgan fingerprint density at radius 3 is 2.37 bits per heavy atom. The van der Waals surface area contributed by atoms with Crippen molar-refractivity contribution in [3.05, 3.63) is 46.5 Å². The monoisotopic (exact) mass is 419 g/mol. The maximum atomic E-state index is 13.4. The molecular weight excluding hydrogens is 391 g/mol. The van der Waals surface area contributed by atoms with Crippen LogP contribution in [-0.4, -0.2) is 59.7 Å². The zero-order valence-electron chi connectivity index (χ0n) is 17.7. The molecule has 0 spiro atoms. The van der Waals surface area contributed by atoms with Gasteiger partial charge in [-0.15, -0.1) is 0 Å². The summed E-state index contributed by atoms with van der Waals surface area (Å²) in [5.74, 6) is -0.256. The highest BCUT2D eigenvalue weighted by molar-refractivity contribution is 6.46. The first-order valence-corrected chi connectivity index (χ1v) is 10.5. The van der Waals surface area contributed by atoms with Crippen molar-refractivity contribution >= 4 is 11.6 Å². The van der Waals surface area contributed by atoms with Crippen LogP contribution in [0.25, 0.3) is 0 Å². The van der Waals surface area contributed by atoms with Crippen LogP contribution in [-0.2, 0) is 11.0 Å². The van der Waals surface area contributed by atoms with E-state index in [1.807, 2.05) is 0 Å². The van der Waals surface area contributed by atoms with Crippen LogP contribution in [0.15, 0.2) is 40.4 Å². The van der Waals surface area contributed by atoms with E-state index in [-0.39, 0.29) is 17.4 Å². The molecule has 0 atom stereocenters. The van der Waals surface area contributed by atoms with Crippen LogP contribution in [0.3, 0.4) is 0 Å². The topological polar surface area (TPSA) is 35.9 Å². The van der Waals surface area contributed by atoms with Crippen LogP contribution in [0.1, 0.15) is 50.7 Å². The number of rotatable bonds is 2. The van der Waals surface area contributed by atoms with E-state index in [9.17, 15) is 18.0 Å². The molecule has 1 fully saturated rings. The minimum Gasteiger partial charge on any atom is -0.337 e. The summed E-state index contributed by atoms with van der Waals surface area (Å²) in [6, 6.07) is 5.80. The molecule has 7 heteroatoms. The van der Waals surface area contributed by atoms with Crippen LogP contribution in [0.2, 0.25) is 0 Å². The number of carbonyl (C=O) groups excluding carboxylic acids is 1. The van der Waals surface area contributed by atoms with Gasteiger partial charge in [-0.3, -0.25) is 14.7 Å². The van der Waals surface area contributed by atoms with E-state index in [1.54, 1.807) is 17.0 Å². The molecule has 162 valence electrons. The molecule has 4 rings (SSSR count). The van der Waals surface area contributed by atoms with Gasteiger partial charge in [-0.25, -0.2) is 0 Å². The van der Waals surface area contributed by atoms with E-state index >= 15 is 0 Å². The number of halogens is 3. The lowest BCUT2D eigenvalue weighted by molar-refractivity contribution is -0.138. The summed E-state index contributed by atoms with van der Waals surface area (Å²) in [4.78, 5) is 21.8. The van der Waals surface area contributed by atoms with Crippen LogP contribution in [0.4, 0.5) is 13.2 Å². The van der Waals surface area contributed by atoms with E-state index in [4.69, 9.17) is 0 Å². The molecule has 0 N–H and O–H groups in total. The maximum Gasteiger partial charge on any atom is 0.416 e. The second-order valence-electron chi connectivity index (χ2n) is 9.43. The zero-order chi connectivity index (χ0) is 21.7. The molecule has 1 amide bonds. The van der Waals surface area contributed by atoms with Gasteiger partial charge in [0, 0.05) is 31.7 Å². The lowest BCUT2D eigenvalue weighted by atomic mass is 9.86. The lowest BCUT2D eigenvalue weighted by Gasteiger charge is -2.34. The Bertz CT molecular complexity index is 903. The Hall–Kier alpha value is -2.15. The van der Waals surface area contributed by atoms with E-state index in [0.29, 0.717) is 43.8 Å². The first-order valence-electron chi connectivity index (χ1n) is 10.5. The van der Waals surface area contributed by atoms with Crippen LogP contribution in [0, 0.1) is 0 Å². The predicted octanol–water partition coefficient (Wildman–Crippen LogP) is 4.28. The maximum absolute atomic E-state index is 13.4. The van der Waals surface area contributed by atoms with Gasteiger partial charge in [-0.1, -0.05) is 18.2 Å². The number of nitrogens with zero attached hydrogens (tertiary/aromatic N) is 3. The van der Waals surface area contributed by atoms with Crippen molar-refractivity contribution in [1.29, 1.82) is 0 Å². The number of hydrogen-bond donors (Lipinski definition) is 0. The van der Waals surface area contributed by atoms with Gasteiger partial charge in [-0.05, 0) is 62.3 Å². The number of amides is 1. The molecule has 4 nitrogen and oxygen atoms in total. The van der Waals surface area contributed by atoms with Gasteiger partial charge < -0.3 is 4.90 Å². The van der Waals surface area contributed by atoms with Gasteiger partial charge in [0.05, 0.1) is 12.1 Å². The minimum absolute atomic E-state index is 0.0305. The molecular formula is C23H28F3N3O. The summed E-state index contributed by atoms with van der Waals surface area (Å²) in [5.41, 5.74) is 2.66.